The number of carbonyl (C=O) groups is 3. The molecule has 1 aliphatic carbocycles. The van der Waals surface area contributed by atoms with Gasteiger partial charge in [0, 0.05) is 5.56 Å². The molecule has 1 saturated carbocycles. The minimum atomic E-state index is -0.605. The monoisotopic (exact) mass is 488 g/mol. The van der Waals surface area contributed by atoms with Gasteiger partial charge in [-0.05, 0) is 69.7 Å². The number of rotatable bonds is 9. The van der Waals surface area contributed by atoms with Crippen LogP contribution in [-0.4, -0.2) is 37.2 Å². The molecule has 1 amide bonds. The third-order valence-electron chi connectivity index (χ3n) is 5.60. The second-order valence-electron chi connectivity index (χ2n) is 8.20. The number of hydrogen-bond donors (Lipinski definition) is 2. The number of benzene rings is 1. The van der Waals surface area contributed by atoms with Crippen LogP contribution in [-0.2, 0) is 9.47 Å². The van der Waals surface area contributed by atoms with Gasteiger partial charge < -0.3 is 25.3 Å². The van der Waals surface area contributed by atoms with E-state index in [-0.39, 0.29) is 28.2 Å². The number of esters is 2. The second-order valence-corrected chi connectivity index (χ2v) is 9.22. The van der Waals surface area contributed by atoms with Gasteiger partial charge in [0.25, 0.3) is 5.91 Å². The van der Waals surface area contributed by atoms with E-state index in [1.54, 1.807) is 26.0 Å². The lowest BCUT2D eigenvalue weighted by molar-refractivity contribution is 0.0216. The van der Waals surface area contributed by atoms with E-state index in [2.05, 4.69) is 5.32 Å². The van der Waals surface area contributed by atoms with Crippen molar-refractivity contribution < 1.29 is 28.6 Å². The van der Waals surface area contributed by atoms with Crippen molar-refractivity contribution in [2.45, 2.75) is 65.4 Å². The van der Waals surface area contributed by atoms with Crippen LogP contribution < -0.4 is 15.8 Å². The number of amides is 1. The van der Waals surface area contributed by atoms with Gasteiger partial charge in [0.15, 0.2) is 0 Å². The molecular weight excluding hydrogens is 456 g/mol. The molecule has 2 aromatic rings. The van der Waals surface area contributed by atoms with Crippen molar-refractivity contribution in [1.82, 2.24) is 0 Å². The molecule has 3 N–H and O–H groups in total. The van der Waals surface area contributed by atoms with E-state index in [4.69, 9.17) is 19.9 Å². The first-order valence-corrected chi connectivity index (χ1v) is 12.5. The highest BCUT2D eigenvalue weighted by atomic mass is 32.1. The van der Waals surface area contributed by atoms with Gasteiger partial charge in [-0.1, -0.05) is 13.3 Å². The van der Waals surface area contributed by atoms with Crippen LogP contribution in [0.25, 0.3) is 0 Å². The summed E-state index contributed by atoms with van der Waals surface area (Å²) >= 11 is 1.02. The van der Waals surface area contributed by atoms with E-state index in [1.807, 2.05) is 6.92 Å². The highest BCUT2D eigenvalue weighted by Gasteiger charge is 2.29. The Bertz CT molecular complexity index is 1040. The zero-order chi connectivity index (χ0) is 24.7. The second kappa shape index (κ2) is 11.9. The maximum Gasteiger partial charge on any atom is 0.348 e. The molecule has 0 radical (unpaired) electrons. The van der Waals surface area contributed by atoms with E-state index in [0.29, 0.717) is 29.2 Å². The molecule has 1 heterocycles. The fourth-order valence-corrected chi connectivity index (χ4v) is 4.91. The summed E-state index contributed by atoms with van der Waals surface area (Å²) in [6, 6.07) is 4.75. The SMILES string of the molecule is CCCOc1ccc(C(=O)Nc2sc(C(=O)OC3CCCCC3)c(C)c2C(=O)OCC)cc1N. The van der Waals surface area contributed by atoms with Gasteiger partial charge in [-0.25, -0.2) is 9.59 Å². The summed E-state index contributed by atoms with van der Waals surface area (Å²) in [6.07, 6.45) is 5.59. The van der Waals surface area contributed by atoms with E-state index >= 15 is 0 Å². The molecule has 8 nitrogen and oxygen atoms in total. The van der Waals surface area contributed by atoms with Gasteiger partial charge >= 0.3 is 11.9 Å². The lowest BCUT2D eigenvalue weighted by Crippen LogP contribution is -2.21. The van der Waals surface area contributed by atoms with Gasteiger partial charge in [0.1, 0.15) is 21.7 Å². The molecule has 0 bridgehead atoms. The van der Waals surface area contributed by atoms with Gasteiger partial charge in [0.2, 0.25) is 0 Å². The van der Waals surface area contributed by atoms with Gasteiger partial charge in [-0.15, -0.1) is 11.3 Å². The number of nitrogen functional groups attached to an aromatic ring is 1. The average Bonchev–Trinajstić information content (AvgIpc) is 3.14. The van der Waals surface area contributed by atoms with Gasteiger partial charge in [-0.2, -0.15) is 0 Å². The quantitative estimate of drug-likeness (QED) is 0.361. The molecule has 1 aliphatic rings. The summed E-state index contributed by atoms with van der Waals surface area (Å²) in [5.74, 6) is -1.05. The maximum atomic E-state index is 13.0. The molecule has 9 heteroatoms. The van der Waals surface area contributed by atoms with Crippen LogP contribution in [0.1, 0.15) is 88.3 Å². The molecule has 34 heavy (non-hydrogen) atoms. The highest BCUT2D eigenvalue weighted by Crippen LogP contribution is 2.36. The number of hydrogen-bond acceptors (Lipinski definition) is 8. The average molecular weight is 489 g/mol. The van der Waals surface area contributed by atoms with Crippen molar-refractivity contribution in [2.24, 2.45) is 0 Å². The third-order valence-corrected chi connectivity index (χ3v) is 6.79. The van der Waals surface area contributed by atoms with E-state index < -0.39 is 17.8 Å². The number of thiophene rings is 1. The number of carbonyl (C=O) groups excluding carboxylic acids is 3. The summed E-state index contributed by atoms with van der Waals surface area (Å²) in [7, 11) is 0. The van der Waals surface area contributed by atoms with Crippen molar-refractivity contribution in [3.05, 3.63) is 39.8 Å². The Morgan fingerprint density at radius 3 is 2.50 bits per heavy atom. The molecule has 0 atom stereocenters. The Balaban J connectivity index is 1.85. The minimum absolute atomic E-state index is 0.122. The molecule has 0 saturated heterocycles. The molecule has 1 aromatic carbocycles. The van der Waals surface area contributed by atoms with Gasteiger partial charge in [-0.3, -0.25) is 4.79 Å². The largest absolute Gasteiger partial charge is 0.491 e. The van der Waals surface area contributed by atoms with Crippen molar-refractivity contribution in [2.75, 3.05) is 24.3 Å². The first-order chi connectivity index (χ1) is 16.3. The fraction of sp³-hybridized carbons (Fsp3) is 0.480. The number of anilines is 2. The van der Waals surface area contributed by atoms with Crippen LogP contribution in [0.15, 0.2) is 18.2 Å². The predicted molar refractivity (Wildman–Crippen MR) is 132 cm³/mol. The van der Waals surface area contributed by atoms with Gasteiger partial charge in [0.05, 0.1) is 24.5 Å². The Morgan fingerprint density at radius 2 is 1.85 bits per heavy atom. The Labute approximate surface area is 203 Å². The smallest absolute Gasteiger partial charge is 0.348 e. The minimum Gasteiger partial charge on any atom is -0.491 e. The summed E-state index contributed by atoms with van der Waals surface area (Å²) in [4.78, 5) is 38.8. The molecule has 1 fully saturated rings. The van der Waals surface area contributed by atoms with Crippen LogP contribution in [0.3, 0.4) is 0 Å². The third kappa shape index (κ3) is 6.08. The number of nitrogens with two attached hydrogens (primary N) is 1. The van der Waals surface area contributed by atoms with Crippen LogP contribution in [0, 0.1) is 6.92 Å². The van der Waals surface area contributed by atoms with Crippen molar-refractivity contribution in [3.8, 4) is 5.75 Å². The summed E-state index contributed by atoms with van der Waals surface area (Å²) in [5.41, 5.74) is 7.26. The van der Waals surface area contributed by atoms with E-state index in [0.717, 1.165) is 49.9 Å². The highest BCUT2D eigenvalue weighted by molar-refractivity contribution is 7.18. The Hall–Kier alpha value is -3.07. The topological polar surface area (TPSA) is 117 Å². The van der Waals surface area contributed by atoms with Crippen molar-refractivity contribution in [3.63, 3.8) is 0 Å². The molecular formula is C25H32N2O6S. The first kappa shape index (κ1) is 25.6. The molecule has 0 spiro atoms. The van der Waals surface area contributed by atoms with Crippen LogP contribution in [0.4, 0.5) is 10.7 Å². The molecule has 0 aliphatic heterocycles. The zero-order valence-electron chi connectivity index (χ0n) is 19.9. The van der Waals surface area contributed by atoms with Crippen LogP contribution in [0.5, 0.6) is 5.75 Å². The van der Waals surface area contributed by atoms with E-state index in [1.165, 1.54) is 6.07 Å². The van der Waals surface area contributed by atoms with Crippen LogP contribution in [0.2, 0.25) is 0 Å². The van der Waals surface area contributed by atoms with E-state index in [9.17, 15) is 14.4 Å². The maximum absolute atomic E-state index is 13.0. The Kier molecular flexibility index (Phi) is 8.92. The molecule has 1 aromatic heterocycles. The molecule has 0 unspecified atom stereocenters. The zero-order valence-corrected chi connectivity index (χ0v) is 20.7. The summed E-state index contributed by atoms with van der Waals surface area (Å²) in [6.45, 7) is 6.03. The predicted octanol–water partition coefficient (Wildman–Crippen LogP) is 5.35. The molecule has 3 rings (SSSR count). The van der Waals surface area contributed by atoms with Crippen LogP contribution >= 0.6 is 11.3 Å². The fourth-order valence-electron chi connectivity index (χ4n) is 3.84. The Morgan fingerprint density at radius 1 is 1.12 bits per heavy atom. The number of ether oxygens (including phenoxy) is 3. The summed E-state index contributed by atoms with van der Waals surface area (Å²) in [5, 5.41) is 2.99. The lowest BCUT2D eigenvalue weighted by Gasteiger charge is -2.21. The van der Waals surface area contributed by atoms with Crippen molar-refractivity contribution in [1.29, 1.82) is 0 Å². The lowest BCUT2D eigenvalue weighted by atomic mass is 9.98. The normalized spacial score (nSPS) is 13.9. The first-order valence-electron chi connectivity index (χ1n) is 11.7. The van der Waals surface area contributed by atoms with Crippen molar-refractivity contribution >= 4 is 39.9 Å². The summed E-state index contributed by atoms with van der Waals surface area (Å²) < 4.78 is 16.4. The molecule has 184 valence electrons. The standard InChI is InChI=1S/C25H32N2O6S/c1-4-13-32-19-12-11-16(14-18(19)26)22(28)27-23-20(24(29)31-5-2)15(3)21(34-23)25(30)33-17-9-7-6-8-10-17/h11-12,14,17H,4-10,13,26H2,1-3H3,(H,27,28). The number of nitrogens with one attached hydrogen (secondary N) is 1.